The molecule has 0 fully saturated rings. The SMILES string of the molecule is COc1ccc(OC)c(C(=O)Cn2ccc(-c3nnc(C(F)F)o3)cc2=O)c1. The van der Waals surface area contributed by atoms with Crippen molar-refractivity contribution in [3.63, 3.8) is 0 Å². The number of benzene rings is 1. The lowest BCUT2D eigenvalue weighted by Gasteiger charge is -2.11. The van der Waals surface area contributed by atoms with Gasteiger partial charge in [-0.1, -0.05) is 0 Å². The third-order valence-corrected chi connectivity index (χ3v) is 3.89. The summed E-state index contributed by atoms with van der Waals surface area (Å²) in [5.74, 6) is -0.595. The van der Waals surface area contributed by atoms with Crippen LogP contribution in [-0.4, -0.2) is 34.8 Å². The Kier molecular flexibility index (Phi) is 5.48. The van der Waals surface area contributed by atoms with E-state index in [0.29, 0.717) is 11.5 Å². The molecule has 3 aromatic rings. The van der Waals surface area contributed by atoms with Crippen molar-refractivity contribution < 1.29 is 27.5 Å². The normalized spacial score (nSPS) is 10.9. The third-order valence-electron chi connectivity index (χ3n) is 3.89. The zero-order chi connectivity index (χ0) is 20.3. The second-order valence-electron chi connectivity index (χ2n) is 5.62. The average Bonchev–Trinajstić information content (AvgIpc) is 3.19. The highest BCUT2D eigenvalue weighted by atomic mass is 19.3. The van der Waals surface area contributed by atoms with E-state index >= 15 is 0 Å². The van der Waals surface area contributed by atoms with Crippen LogP contribution in [0.2, 0.25) is 0 Å². The predicted molar refractivity (Wildman–Crippen MR) is 92.8 cm³/mol. The number of hydrogen-bond donors (Lipinski definition) is 0. The van der Waals surface area contributed by atoms with Gasteiger partial charge in [-0.05, 0) is 24.3 Å². The van der Waals surface area contributed by atoms with Gasteiger partial charge in [0.05, 0.1) is 26.3 Å². The van der Waals surface area contributed by atoms with Gasteiger partial charge in [0.15, 0.2) is 5.78 Å². The fourth-order valence-electron chi connectivity index (χ4n) is 2.48. The lowest BCUT2D eigenvalue weighted by atomic mass is 10.1. The van der Waals surface area contributed by atoms with Crippen molar-refractivity contribution in [2.24, 2.45) is 0 Å². The van der Waals surface area contributed by atoms with E-state index in [1.807, 2.05) is 0 Å². The molecule has 0 N–H and O–H groups in total. The fraction of sp³-hybridized carbons (Fsp3) is 0.222. The first-order chi connectivity index (χ1) is 13.4. The molecule has 8 nitrogen and oxygen atoms in total. The summed E-state index contributed by atoms with van der Waals surface area (Å²) in [6.45, 7) is -0.255. The standard InChI is InChI=1S/C18H15F2N3O5/c1-26-11-3-4-14(27-2)12(8-11)13(24)9-23-6-5-10(7-15(23)25)17-21-22-18(28-17)16(19)20/h3-8,16H,9H2,1-2H3. The Morgan fingerprint density at radius 3 is 2.57 bits per heavy atom. The van der Waals surface area contributed by atoms with Gasteiger partial charge in [-0.2, -0.15) is 8.78 Å². The van der Waals surface area contributed by atoms with E-state index in [4.69, 9.17) is 13.9 Å². The van der Waals surface area contributed by atoms with Gasteiger partial charge >= 0.3 is 6.43 Å². The summed E-state index contributed by atoms with van der Waals surface area (Å²) in [7, 11) is 2.90. The lowest BCUT2D eigenvalue weighted by Crippen LogP contribution is -2.23. The first kappa shape index (κ1) is 19.2. The van der Waals surface area contributed by atoms with Gasteiger partial charge in [-0.25, -0.2) is 0 Å². The number of carbonyl (C=O) groups is 1. The van der Waals surface area contributed by atoms with Crippen molar-refractivity contribution >= 4 is 5.78 Å². The highest BCUT2D eigenvalue weighted by Gasteiger charge is 2.18. The van der Waals surface area contributed by atoms with Crippen LogP contribution < -0.4 is 15.0 Å². The molecule has 2 heterocycles. The summed E-state index contributed by atoms with van der Waals surface area (Å²) in [6, 6.07) is 7.30. The first-order valence-electron chi connectivity index (χ1n) is 8.00. The van der Waals surface area contributed by atoms with Crippen LogP contribution >= 0.6 is 0 Å². The smallest absolute Gasteiger partial charge is 0.314 e. The number of rotatable bonds is 7. The molecule has 0 unspecified atom stereocenters. The van der Waals surface area contributed by atoms with E-state index in [1.165, 1.54) is 32.5 Å². The highest BCUT2D eigenvalue weighted by molar-refractivity contribution is 5.99. The maximum Gasteiger partial charge on any atom is 0.314 e. The van der Waals surface area contributed by atoms with Gasteiger partial charge in [0.2, 0.25) is 5.89 Å². The second-order valence-corrected chi connectivity index (χ2v) is 5.62. The number of ether oxygens (including phenoxy) is 2. The minimum absolute atomic E-state index is 0.173. The molecule has 0 spiro atoms. The van der Waals surface area contributed by atoms with E-state index in [0.717, 1.165) is 10.6 Å². The number of nitrogens with zero attached hydrogens (tertiary/aromatic N) is 3. The molecular formula is C18H15F2N3O5. The van der Waals surface area contributed by atoms with Gasteiger partial charge < -0.3 is 18.5 Å². The van der Waals surface area contributed by atoms with E-state index in [2.05, 4.69) is 10.2 Å². The number of pyridine rings is 1. The van der Waals surface area contributed by atoms with Crippen LogP contribution in [0.5, 0.6) is 11.5 Å². The molecule has 0 amide bonds. The molecule has 2 aromatic heterocycles. The maximum absolute atomic E-state index is 12.6. The molecule has 10 heteroatoms. The molecule has 1 aromatic carbocycles. The fourth-order valence-corrected chi connectivity index (χ4v) is 2.48. The number of hydrogen-bond acceptors (Lipinski definition) is 7. The summed E-state index contributed by atoms with van der Waals surface area (Å²) in [5.41, 5.74) is -0.104. The second kappa shape index (κ2) is 7.99. The molecule has 0 bridgehead atoms. The van der Waals surface area contributed by atoms with Crippen molar-refractivity contribution in [2.75, 3.05) is 14.2 Å². The van der Waals surface area contributed by atoms with E-state index < -0.39 is 17.9 Å². The summed E-state index contributed by atoms with van der Waals surface area (Å²) in [6.07, 6.45) is -1.56. The third kappa shape index (κ3) is 3.90. The van der Waals surface area contributed by atoms with Crippen LogP contribution in [-0.2, 0) is 6.54 Å². The molecule has 28 heavy (non-hydrogen) atoms. The molecular weight excluding hydrogens is 376 g/mol. The van der Waals surface area contributed by atoms with Crippen LogP contribution in [0.3, 0.4) is 0 Å². The minimum atomic E-state index is -2.91. The van der Waals surface area contributed by atoms with Crippen LogP contribution in [0.1, 0.15) is 22.7 Å². The Hall–Kier alpha value is -3.56. The first-order valence-corrected chi connectivity index (χ1v) is 8.00. The van der Waals surface area contributed by atoms with Gasteiger partial charge in [0, 0.05) is 17.8 Å². The summed E-state index contributed by atoms with van der Waals surface area (Å²) >= 11 is 0. The number of methoxy groups -OCH3 is 2. The number of Topliss-reactive ketones (excluding diaryl/α,β-unsaturated/α-hetero) is 1. The molecule has 3 rings (SSSR count). The van der Waals surface area contributed by atoms with Gasteiger partial charge in [0.1, 0.15) is 11.5 Å². The molecule has 0 aliphatic heterocycles. The van der Waals surface area contributed by atoms with Crippen LogP contribution in [0.4, 0.5) is 8.78 Å². The van der Waals surface area contributed by atoms with Crippen LogP contribution in [0, 0.1) is 0 Å². The molecule has 0 saturated carbocycles. The Bertz CT molecular complexity index is 1060. The molecule has 0 atom stereocenters. The average molecular weight is 391 g/mol. The minimum Gasteiger partial charge on any atom is -0.497 e. The monoisotopic (exact) mass is 391 g/mol. The lowest BCUT2D eigenvalue weighted by molar-refractivity contribution is 0.0967. The van der Waals surface area contributed by atoms with Gasteiger partial charge in [0.25, 0.3) is 11.4 Å². The van der Waals surface area contributed by atoms with Gasteiger partial charge in [-0.3, -0.25) is 9.59 Å². The van der Waals surface area contributed by atoms with Crippen molar-refractivity contribution in [1.29, 1.82) is 0 Å². The largest absolute Gasteiger partial charge is 0.497 e. The number of alkyl halides is 2. The molecule has 146 valence electrons. The van der Waals surface area contributed by atoms with E-state index in [9.17, 15) is 18.4 Å². The zero-order valence-corrected chi connectivity index (χ0v) is 14.9. The van der Waals surface area contributed by atoms with E-state index in [1.54, 1.807) is 12.1 Å². The van der Waals surface area contributed by atoms with Crippen LogP contribution in [0.15, 0.2) is 45.7 Å². The van der Waals surface area contributed by atoms with Crippen molar-refractivity contribution in [3.05, 3.63) is 58.3 Å². The van der Waals surface area contributed by atoms with Crippen LogP contribution in [0.25, 0.3) is 11.5 Å². The predicted octanol–water partition coefficient (Wildman–Crippen LogP) is 2.74. The summed E-state index contributed by atoms with van der Waals surface area (Å²) in [4.78, 5) is 24.9. The number of carbonyl (C=O) groups excluding carboxylic acids is 1. The van der Waals surface area contributed by atoms with Gasteiger partial charge in [-0.15, -0.1) is 10.2 Å². The van der Waals surface area contributed by atoms with E-state index in [-0.39, 0.29) is 29.3 Å². The zero-order valence-electron chi connectivity index (χ0n) is 14.9. The Morgan fingerprint density at radius 2 is 1.96 bits per heavy atom. The quantitative estimate of drug-likeness (QED) is 0.571. The van der Waals surface area contributed by atoms with Crippen molar-refractivity contribution in [1.82, 2.24) is 14.8 Å². The number of aromatic nitrogens is 3. The molecule has 0 saturated heterocycles. The summed E-state index contributed by atoms with van der Waals surface area (Å²) < 4.78 is 41.3. The van der Waals surface area contributed by atoms with Crippen molar-refractivity contribution in [2.45, 2.75) is 13.0 Å². The molecule has 0 aliphatic rings. The maximum atomic E-state index is 12.6. The van der Waals surface area contributed by atoms with Crippen molar-refractivity contribution in [3.8, 4) is 23.0 Å². The topological polar surface area (TPSA) is 96.5 Å². The number of ketones is 1. The summed E-state index contributed by atoms with van der Waals surface area (Å²) in [5, 5.41) is 6.70. The Labute approximate surface area is 157 Å². The number of halogens is 2. The highest BCUT2D eigenvalue weighted by Crippen LogP contribution is 2.25. The Balaban J connectivity index is 1.85. The Morgan fingerprint density at radius 1 is 1.18 bits per heavy atom. The molecule has 0 aliphatic carbocycles. The molecule has 0 radical (unpaired) electrons.